The average molecular weight is 216 g/mol. The predicted octanol–water partition coefficient (Wildman–Crippen LogP) is -0.0748. The first-order valence-corrected chi connectivity index (χ1v) is 5.55. The lowest BCUT2D eigenvalue weighted by Crippen LogP contribution is -2.46. The van der Waals surface area contributed by atoms with Crippen LogP contribution in [0.25, 0.3) is 0 Å². The largest absolute Gasteiger partial charge is 0.395 e. The number of aliphatic hydroxyl groups is 2. The van der Waals surface area contributed by atoms with Crippen LogP contribution in [0.4, 0.5) is 4.79 Å². The molecule has 3 N–H and O–H groups in total. The number of carbonyl (C=O) groups is 1. The normalized spacial score (nSPS) is 16.7. The van der Waals surface area contributed by atoms with Gasteiger partial charge in [-0.3, -0.25) is 0 Å². The van der Waals surface area contributed by atoms with Crippen molar-refractivity contribution in [1.82, 2.24) is 10.2 Å². The lowest BCUT2D eigenvalue weighted by molar-refractivity contribution is 0.156. The molecule has 0 aromatic heterocycles. The SMILES string of the molecule is O=C(NC1CCCC1)N(CCO)CCO. The second kappa shape index (κ2) is 6.63. The van der Waals surface area contributed by atoms with E-state index in [-0.39, 0.29) is 38.4 Å². The molecule has 0 aromatic rings. The van der Waals surface area contributed by atoms with Crippen molar-refractivity contribution in [1.29, 1.82) is 0 Å². The molecular weight excluding hydrogens is 196 g/mol. The fraction of sp³-hybridized carbons (Fsp3) is 0.900. The molecule has 0 aromatic carbocycles. The summed E-state index contributed by atoms with van der Waals surface area (Å²) in [7, 11) is 0. The number of hydrogen-bond donors (Lipinski definition) is 3. The van der Waals surface area contributed by atoms with E-state index in [1.54, 1.807) is 0 Å². The third-order valence-corrected chi connectivity index (χ3v) is 2.71. The zero-order valence-corrected chi connectivity index (χ0v) is 8.98. The number of rotatable bonds is 5. The summed E-state index contributed by atoms with van der Waals surface area (Å²) in [6.07, 6.45) is 4.42. The van der Waals surface area contributed by atoms with E-state index in [2.05, 4.69) is 5.32 Å². The fourth-order valence-corrected chi connectivity index (χ4v) is 1.89. The van der Waals surface area contributed by atoms with E-state index in [1.165, 1.54) is 17.7 Å². The first-order valence-electron chi connectivity index (χ1n) is 5.55. The minimum atomic E-state index is -0.176. The zero-order chi connectivity index (χ0) is 11.1. The topological polar surface area (TPSA) is 72.8 Å². The van der Waals surface area contributed by atoms with E-state index in [0.29, 0.717) is 0 Å². The molecule has 2 amide bonds. The van der Waals surface area contributed by atoms with E-state index in [1.807, 2.05) is 0 Å². The van der Waals surface area contributed by atoms with Crippen LogP contribution in [0.15, 0.2) is 0 Å². The van der Waals surface area contributed by atoms with Crippen LogP contribution in [0.3, 0.4) is 0 Å². The molecule has 0 spiro atoms. The Morgan fingerprint density at radius 1 is 1.20 bits per heavy atom. The van der Waals surface area contributed by atoms with Gasteiger partial charge in [0.25, 0.3) is 0 Å². The van der Waals surface area contributed by atoms with Gasteiger partial charge in [-0.25, -0.2) is 4.79 Å². The van der Waals surface area contributed by atoms with Crippen molar-refractivity contribution in [2.24, 2.45) is 0 Å². The summed E-state index contributed by atoms with van der Waals surface area (Å²) in [6, 6.07) is 0.0994. The van der Waals surface area contributed by atoms with Crippen molar-refractivity contribution < 1.29 is 15.0 Å². The Balaban J connectivity index is 2.33. The zero-order valence-electron chi connectivity index (χ0n) is 8.98. The van der Waals surface area contributed by atoms with Crippen LogP contribution in [-0.2, 0) is 0 Å². The minimum absolute atomic E-state index is 0.0713. The summed E-state index contributed by atoms with van der Waals surface area (Å²) in [4.78, 5) is 13.1. The Labute approximate surface area is 90.1 Å². The van der Waals surface area contributed by atoms with Gasteiger partial charge in [0, 0.05) is 19.1 Å². The van der Waals surface area contributed by atoms with Crippen LogP contribution in [0.2, 0.25) is 0 Å². The number of nitrogens with one attached hydrogen (secondary N) is 1. The molecule has 0 saturated heterocycles. The molecule has 0 heterocycles. The van der Waals surface area contributed by atoms with Crippen molar-refractivity contribution in [3.05, 3.63) is 0 Å². The van der Waals surface area contributed by atoms with Gasteiger partial charge in [-0.2, -0.15) is 0 Å². The van der Waals surface area contributed by atoms with E-state index in [9.17, 15) is 4.79 Å². The standard InChI is InChI=1S/C10H20N2O3/c13-7-5-12(6-8-14)10(15)11-9-3-1-2-4-9/h9,13-14H,1-8H2,(H,11,15). The molecule has 1 fully saturated rings. The third kappa shape index (κ3) is 4.05. The van der Waals surface area contributed by atoms with E-state index in [0.717, 1.165) is 12.8 Å². The highest BCUT2D eigenvalue weighted by molar-refractivity contribution is 5.74. The van der Waals surface area contributed by atoms with Gasteiger partial charge in [-0.15, -0.1) is 0 Å². The van der Waals surface area contributed by atoms with Crippen molar-refractivity contribution >= 4 is 6.03 Å². The summed E-state index contributed by atoms with van der Waals surface area (Å²) in [5.74, 6) is 0. The van der Waals surface area contributed by atoms with Crippen LogP contribution in [0, 0.1) is 0 Å². The second-order valence-corrected chi connectivity index (χ2v) is 3.87. The molecule has 15 heavy (non-hydrogen) atoms. The Kier molecular flexibility index (Phi) is 5.42. The number of nitrogens with zero attached hydrogens (tertiary/aromatic N) is 1. The number of amides is 2. The van der Waals surface area contributed by atoms with Gasteiger partial charge in [0.05, 0.1) is 13.2 Å². The maximum Gasteiger partial charge on any atom is 0.317 e. The van der Waals surface area contributed by atoms with Gasteiger partial charge in [-0.05, 0) is 12.8 Å². The second-order valence-electron chi connectivity index (χ2n) is 3.87. The Morgan fingerprint density at radius 2 is 1.73 bits per heavy atom. The highest BCUT2D eigenvalue weighted by Gasteiger charge is 2.20. The number of hydrogen-bond acceptors (Lipinski definition) is 3. The average Bonchev–Trinajstić information content (AvgIpc) is 2.70. The van der Waals surface area contributed by atoms with Crippen LogP contribution >= 0.6 is 0 Å². The van der Waals surface area contributed by atoms with Crippen LogP contribution < -0.4 is 5.32 Å². The monoisotopic (exact) mass is 216 g/mol. The number of carbonyl (C=O) groups excluding carboxylic acids is 1. The van der Waals surface area contributed by atoms with Crippen LogP contribution in [0.1, 0.15) is 25.7 Å². The van der Waals surface area contributed by atoms with Gasteiger partial charge in [0.2, 0.25) is 0 Å². The fourth-order valence-electron chi connectivity index (χ4n) is 1.89. The van der Waals surface area contributed by atoms with Crippen molar-refractivity contribution in [3.63, 3.8) is 0 Å². The summed E-state index contributed by atoms with van der Waals surface area (Å²) in [5.41, 5.74) is 0. The van der Waals surface area contributed by atoms with Crippen molar-refractivity contribution in [2.75, 3.05) is 26.3 Å². The maximum atomic E-state index is 11.7. The molecule has 0 unspecified atom stereocenters. The molecule has 0 aliphatic heterocycles. The molecule has 0 bridgehead atoms. The van der Waals surface area contributed by atoms with Crippen molar-refractivity contribution in [2.45, 2.75) is 31.7 Å². The molecule has 1 saturated carbocycles. The van der Waals surface area contributed by atoms with E-state index >= 15 is 0 Å². The molecule has 1 aliphatic carbocycles. The maximum absolute atomic E-state index is 11.7. The Morgan fingerprint density at radius 3 is 2.20 bits per heavy atom. The lowest BCUT2D eigenvalue weighted by atomic mass is 10.2. The predicted molar refractivity (Wildman–Crippen MR) is 56.5 cm³/mol. The summed E-state index contributed by atoms with van der Waals surface area (Å²) >= 11 is 0. The first kappa shape index (κ1) is 12.3. The van der Waals surface area contributed by atoms with Gasteiger partial charge < -0.3 is 20.4 Å². The van der Waals surface area contributed by atoms with Crippen LogP contribution in [-0.4, -0.2) is 53.5 Å². The summed E-state index contributed by atoms with van der Waals surface area (Å²) in [5, 5.41) is 20.5. The Hall–Kier alpha value is -0.810. The number of aliphatic hydroxyl groups excluding tert-OH is 2. The molecule has 0 atom stereocenters. The van der Waals surface area contributed by atoms with Gasteiger partial charge in [0.15, 0.2) is 0 Å². The minimum Gasteiger partial charge on any atom is -0.395 e. The molecule has 1 aliphatic rings. The molecule has 5 heteroatoms. The lowest BCUT2D eigenvalue weighted by Gasteiger charge is -2.23. The highest BCUT2D eigenvalue weighted by atomic mass is 16.3. The summed E-state index contributed by atoms with van der Waals surface area (Å²) < 4.78 is 0. The van der Waals surface area contributed by atoms with E-state index in [4.69, 9.17) is 10.2 Å². The first-order chi connectivity index (χ1) is 7.27. The summed E-state index contributed by atoms with van der Waals surface area (Å²) in [6.45, 7) is 0.411. The van der Waals surface area contributed by atoms with Gasteiger partial charge >= 0.3 is 6.03 Å². The quantitative estimate of drug-likeness (QED) is 0.602. The molecule has 0 radical (unpaired) electrons. The number of urea groups is 1. The molecule has 1 rings (SSSR count). The molecule has 5 nitrogen and oxygen atoms in total. The Bertz CT molecular complexity index is 187. The highest BCUT2D eigenvalue weighted by Crippen LogP contribution is 2.17. The van der Waals surface area contributed by atoms with Crippen LogP contribution in [0.5, 0.6) is 0 Å². The molecule has 88 valence electrons. The van der Waals surface area contributed by atoms with E-state index < -0.39 is 0 Å². The van der Waals surface area contributed by atoms with Gasteiger partial charge in [-0.1, -0.05) is 12.8 Å². The molecular formula is C10H20N2O3. The smallest absolute Gasteiger partial charge is 0.317 e. The van der Waals surface area contributed by atoms with Gasteiger partial charge in [0.1, 0.15) is 0 Å². The third-order valence-electron chi connectivity index (χ3n) is 2.71. The van der Waals surface area contributed by atoms with Crippen molar-refractivity contribution in [3.8, 4) is 0 Å².